The van der Waals surface area contributed by atoms with E-state index < -0.39 is 35.9 Å². The number of ether oxygens (including phenoxy) is 1. The molecule has 0 N–H and O–H groups in total. The van der Waals surface area contributed by atoms with E-state index in [1.807, 2.05) is 6.92 Å². The summed E-state index contributed by atoms with van der Waals surface area (Å²) in [5, 5.41) is 3.54. The van der Waals surface area contributed by atoms with Gasteiger partial charge < -0.3 is 4.74 Å². The van der Waals surface area contributed by atoms with Crippen molar-refractivity contribution in [2.45, 2.75) is 57.4 Å². The summed E-state index contributed by atoms with van der Waals surface area (Å²) < 4.78 is 72.9. The molecule has 0 amide bonds. The molecule has 1 aliphatic carbocycles. The summed E-state index contributed by atoms with van der Waals surface area (Å²) >= 11 is 0. The molecule has 1 aromatic heterocycles. The van der Waals surface area contributed by atoms with Gasteiger partial charge in [-0.15, -0.1) is 0 Å². The minimum Gasteiger partial charge on any atom is -0.370 e. The maximum absolute atomic E-state index is 13.8. The lowest BCUT2D eigenvalue weighted by Crippen LogP contribution is -2.34. The van der Waals surface area contributed by atoms with Gasteiger partial charge in [-0.2, -0.15) is 18.3 Å². The molecule has 1 aliphatic rings. The Hall–Kier alpha value is -1.18. The van der Waals surface area contributed by atoms with Crippen LogP contribution in [0, 0.1) is 0 Å². The number of aromatic nitrogens is 2. The summed E-state index contributed by atoms with van der Waals surface area (Å²) in [7, 11) is 0.997. The second-order valence-corrected chi connectivity index (χ2v) is 5.16. The summed E-state index contributed by atoms with van der Waals surface area (Å²) in [5.74, 6) is -3.32. The molecule has 120 valence electrons. The minimum atomic E-state index is -4.77. The zero-order valence-electron chi connectivity index (χ0n) is 11.8. The fourth-order valence-electron chi connectivity index (χ4n) is 2.67. The molecule has 0 saturated carbocycles. The first-order chi connectivity index (χ1) is 9.72. The van der Waals surface area contributed by atoms with E-state index in [-0.39, 0.29) is 18.7 Å². The maximum Gasteiger partial charge on any atom is 0.435 e. The Balaban J connectivity index is 2.56. The summed E-state index contributed by atoms with van der Waals surface area (Å²) in [5.41, 5.74) is -1.54. The first-order valence-electron chi connectivity index (χ1n) is 6.79. The Morgan fingerprint density at radius 2 is 2.05 bits per heavy atom. The maximum atomic E-state index is 13.8. The van der Waals surface area contributed by atoms with Crippen LogP contribution >= 0.6 is 0 Å². The molecule has 1 heterocycles. The highest BCUT2D eigenvalue weighted by Crippen LogP contribution is 2.48. The summed E-state index contributed by atoms with van der Waals surface area (Å²) in [6.45, 7) is 2.18. The summed E-state index contributed by atoms with van der Waals surface area (Å²) in [4.78, 5) is 0. The molecule has 0 radical (unpaired) electrons. The number of aryl methyl sites for hydroxylation is 1. The molecule has 0 fully saturated rings. The van der Waals surface area contributed by atoms with E-state index in [1.54, 1.807) is 0 Å². The lowest BCUT2D eigenvalue weighted by atomic mass is 9.89. The van der Waals surface area contributed by atoms with Crippen molar-refractivity contribution >= 4 is 0 Å². The Morgan fingerprint density at radius 3 is 2.57 bits per heavy atom. The number of hydrogen-bond acceptors (Lipinski definition) is 2. The highest BCUT2D eigenvalue weighted by Gasteiger charge is 2.52. The van der Waals surface area contributed by atoms with Gasteiger partial charge in [0.2, 0.25) is 0 Å². The molecule has 1 atom stereocenters. The fraction of sp³-hybridized carbons (Fsp3) is 0.769. The van der Waals surface area contributed by atoms with Crippen LogP contribution in [-0.4, -0.2) is 22.8 Å². The van der Waals surface area contributed by atoms with Crippen molar-refractivity contribution in [3.63, 3.8) is 0 Å². The topological polar surface area (TPSA) is 27.1 Å². The van der Waals surface area contributed by atoms with Crippen LogP contribution < -0.4 is 0 Å². The van der Waals surface area contributed by atoms with Gasteiger partial charge in [0, 0.05) is 31.3 Å². The van der Waals surface area contributed by atoms with Crippen molar-refractivity contribution in [1.82, 2.24) is 9.78 Å². The molecular weight excluding hydrogens is 295 g/mol. The van der Waals surface area contributed by atoms with Gasteiger partial charge in [-0.3, -0.25) is 4.68 Å². The van der Waals surface area contributed by atoms with Crippen LogP contribution in [0.25, 0.3) is 0 Å². The number of rotatable bonds is 4. The van der Waals surface area contributed by atoms with Gasteiger partial charge in [0.15, 0.2) is 5.69 Å². The number of nitrogens with zero attached hydrogens (tertiary/aromatic N) is 2. The third kappa shape index (κ3) is 2.90. The van der Waals surface area contributed by atoms with Crippen molar-refractivity contribution in [3.8, 4) is 0 Å². The van der Waals surface area contributed by atoms with Crippen LogP contribution in [0.4, 0.5) is 22.0 Å². The molecule has 0 spiro atoms. The van der Waals surface area contributed by atoms with Gasteiger partial charge in [-0.05, 0) is 12.8 Å². The van der Waals surface area contributed by atoms with Gasteiger partial charge in [-0.25, -0.2) is 8.78 Å². The van der Waals surface area contributed by atoms with Crippen molar-refractivity contribution in [2.24, 2.45) is 0 Å². The largest absolute Gasteiger partial charge is 0.435 e. The molecule has 0 aromatic carbocycles. The van der Waals surface area contributed by atoms with Crippen molar-refractivity contribution in [3.05, 3.63) is 17.0 Å². The highest BCUT2D eigenvalue weighted by molar-refractivity contribution is 5.35. The first-order valence-corrected chi connectivity index (χ1v) is 6.79. The smallest absolute Gasteiger partial charge is 0.370 e. The molecule has 3 nitrogen and oxygen atoms in total. The molecule has 0 aliphatic heterocycles. The quantitative estimate of drug-likeness (QED) is 0.787. The normalized spacial score (nSPS) is 21.4. The molecular formula is C13H17F5N2O. The number of methoxy groups -OCH3 is 1. The second-order valence-electron chi connectivity index (χ2n) is 5.16. The summed E-state index contributed by atoms with van der Waals surface area (Å²) in [6, 6.07) is 0. The fourth-order valence-corrected chi connectivity index (χ4v) is 2.67. The van der Waals surface area contributed by atoms with Gasteiger partial charge in [0.1, 0.15) is 6.10 Å². The first kappa shape index (κ1) is 16.2. The lowest BCUT2D eigenvalue weighted by molar-refractivity contribution is -0.155. The minimum absolute atomic E-state index is 0.130. The number of fused-ring (bicyclic) bond motifs is 1. The van der Waals surface area contributed by atoms with Crippen LogP contribution in [0.5, 0.6) is 0 Å². The zero-order valence-corrected chi connectivity index (χ0v) is 11.8. The molecule has 8 heteroatoms. The average Bonchev–Trinajstić information content (AvgIpc) is 2.74. The Kier molecular flexibility index (Phi) is 4.28. The van der Waals surface area contributed by atoms with Crippen LogP contribution in [0.15, 0.2) is 0 Å². The molecule has 0 saturated heterocycles. The van der Waals surface area contributed by atoms with Crippen LogP contribution in [0.2, 0.25) is 0 Å². The highest BCUT2D eigenvalue weighted by atomic mass is 19.4. The molecule has 2 rings (SSSR count). The van der Waals surface area contributed by atoms with Crippen LogP contribution in [0.3, 0.4) is 0 Å². The van der Waals surface area contributed by atoms with E-state index in [4.69, 9.17) is 0 Å². The predicted molar refractivity (Wildman–Crippen MR) is 65.2 cm³/mol. The monoisotopic (exact) mass is 312 g/mol. The standard InChI is InChI=1S/C13H17F5N2O/c1-3-4-7-20-8-5-6-12(14,15)11(21-2)9(8)10(19-20)13(16,17)18/h11H,3-7H2,1-2H3/t11-/m0/s1. The van der Waals surface area contributed by atoms with Crippen LogP contribution in [-0.2, 0) is 23.9 Å². The third-order valence-corrected chi connectivity index (χ3v) is 3.67. The second kappa shape index (κ2) is 5.55. The third-order valence-electron chi connectivity index (χ3n) is 3.67. The van der Waals surface area contributed by atoms with Gasteiger partial charge >= 0.3 is 6.18 Å². The lowest BCUT2D eigenvalue weighted by Gasteiger charge is -2.31. The Morgan fingerprint density at radius 1 is 1.38 bits per heavy atom. The Labute approximate surface area is 119 Å². The molecule has 0 bridgehead atoms. The predicted octanol–water partition coefficient (Wildman–Crippen LogP) is 3.97. The van der Waals surface area contributed by atoms with E-state index in [9.17, 15) is 22.0 Å². The molecule has 21 heavy (non-hydrogen) atoms. The van der Waals surface area contributed by atoms with E-state index in [0.29, 0.717) is 6.42 Å². The van der Waals surface area contributed by atoms with E-state index in [1.165, 1.54) is 4.68 Å². The van der Waals surface area contributed by atoms with Crippen molar-refractivity contribution < 1.29 is 26.7 Å². The number of hydrogen-bond donors (Lipinski definition) is 0. The SMILES string of the molecule is CCCCn1nc(C(F)(F)F)c2c1CCC(F)(F)[C@H]2OC. The van der Waals surface area contributed by atoms with Gasteiger partial charge in [-0.1, -0.05) is 13.3 Å². The van der Waals surface area contributed by atoms with E-state index in [2.05, 4.69) is 9.84 Å². The average molecular weight is 312 g/mol. The Bertz CT molecular complexity index is 509. The van der Waals surface area contributed by atoms with Crippen molar-refractivity contribution in [2.75, 3.05) is 7.11 Å². The van der Waals surface area contributed by atoms with E-state index >= 15 is 0 Å². The van der Waals surface area contributed by atoms with Gasteiger partial charge in [0.25, 0.3) is 5.92 Å². The summed E-state index contributed by atoms with van der Waals surface area (Å²) in [6.07, 6.45) is -5.92. The van der Waals surface area contributed by atoms with E-state index in [0.717, 1.165) is 13.5 Å². The number of alkyl halides is 5. The molecule has 1 aromatic rings. The number of unbranched alkanes of at least 4 members (excludes halogenated alkanes) is 1. The zero-order chi connectivity index (χ0) is 15.8. The van der Waals surface area contributed by atoms with Crippen molar-refractivity contribution in [1.29, 1.82) is 0 Å². The number of halogens is 5. The van der Waals surface area contributed by atoms with Gasteiger partial charge in [0.05, 0.1) is 0 Å². The van der Waals surface area contributed by atoms with Crippen LogP contribution in [0.1, 0.15) is 49.2 Å². The molecule has 0 unspecified atom stereocenters.